The second-order valence-electron chi connectivity index (χ2n) is 6.90. The van der Waals surface area contributed by atoms with E-state index in [1.54, 1.807) is 6.07 Å². The van der Waals surface area contributed by atoms with Gasteiger partial charge in [0.15, 0.2) is 0 Å². The van der Waals surface area contributed by atoms with Crippen LogP contribution in [-0.4, -0.2) is 49.3 Å². The number of benzene rings is 1. The summed E-state index contributed by atoms with van der Waals surface area (Å²) in [4.78, 5) is 33.6. The summed E-state index contributed by atoms with van der Waals surface area (Å²) in [6.45, 7) is 1.08. The van der Waals surface area contributed by atoms with E-state index in [0.29, 0.717) is 30.3 Å². The molecule has 1 aromatic heterocycles. The lowest BCUT2D eigenvalue weighted by molar-refractivity contribution is -0.0793. The Kier molecular flexibility index (Phi) is 5.59. The van der Waals surface area contributed by atoms with Crippen LogP contribution >= 0.6 is 0 Å². The molecule has 0 radical (unpaired) electrons. The van der Waals surface area contributed by atoms with E-state index in [0.717, 1.165) is 12.8 Å². The van der Waals surface area contributed by atoms with Gasteiger partial charge in [-0.1, -0.05) is 12.1 Å². The number of rotatable bonds is 8. The Bertz CT molecular complexity index is 911. The van der Waals surface area contributed by atoms with E-state index in [1.807, 2.05) is 24.3 Å². The molecule has 1 aromatic carbocycles. The van der Waals surface area contributed by atoms with Crippen molar-refractivity contribution in [2.24, 2.45) is 0 Å². The van der Waals surface area contributed by atoms with Crippen LogP contribution in [0.5, 0.6) is 5.75 Å². The van der Waals surface area contributed by atoms with Crippen molar-refractivity contribution in [2.45, 2.75) is 25.0 Å². The minimum Gasteiger partial charge on any atom is -0.483 e. The van der Waals surface area contributed by atoms with E-state index in [4.69, 9.17) is 14.3 Å². The topological polar surface area (TPSA) is 111 Å². The number of hydrogen-bond donors (Lipinski definition) is 3. The average Bonchev–Trinajstić information content (AvgIpc) is 3.50. The fourth-order valence-corrected chi connectivity index (χ4v) is 2.78. The third-order valence-electron chi connectivity index (χ3n) is 4.55. The highest BCUT2D eigenvalue weighted by Crippen LogP contribution is 2.31. The summed E-state index contributed by atoms with van der Waals surface area (Å²) in [5, 5.41) is 6.09. The smallest absolute Gasteiger partial charge is 0.278 e. The standard InChI is InChI=1S/C20H22N4O5/c1-27-24-19(25)14-9-21-17(20(26)22-12-6-7-12)8-16(14)23-15-4-2-3-5-18(15)29-13-10-28-11-13/h2-5,8-9,12-13H,6-7,10-11H2,1H3,(H,21,23)(H,22,26)(H,24,25). The van der Waals surface area contributed by atoms with Crippen LogP contribution in [0.4, 0.5) is 11.4 Å². The van der Waals surface area contributed by atoms with Gasteiger partial charge in [-0.3, -0.25) is 19.4 Å². The lowest BCUT2D eigenvalue weighted by Crippen LogP contribution is -2.38. The minimum atomic E-state index is -0.484. The normalized spacial score (nSPS) is 15.9. The van der Waals surface area contributed by atoms with Gasteiger partial charge < -0.3 is 20.1 Å². The first-order valence-electron chi connectivity index (χ1n) is 9.38. The quantitative estimate of drug-likeness (QED) is 0.581. The maximum Gasteiger partial charge on any atom is 0.278 e. The number of hydroxylamine groups is 1. The number of nitrogens with zero attached hydrogens (tertiary/aromatic N) is 1. The maximum absolute atomic E-state index is 12.4. The van der Waals surface area contributed by atoms with E-state index >= 15 is 0 Å². The van der Waals surface area contributed by atoms with E-state index in [9.17, 15) is 9.59 Å². The SMILES string of the molecule is CONC(=O)c1cnc(C(=O)NC2CC2)cc1Nc1ccccc1OC1COC1. The summed E-state index contributed by atoms with van der Waals surface area (Å²) in [6.07, 6.45) is 3.29. The van der Waals surface area contributed by atoms with Crippen molar-refractivity contribution in [3.63, 3.8) is 0 Å². The van der Waals surface area contributed by atoms with E-state index in [1.165, 1.54) is 13.3 Å². The first-order valence-corrected chi connectivity index (χ1v) is 9.38. The fraction of sp³-hybridized carbons (Fsp3) is 0.350. The second-order valence-corrected chi connectivity index (χ2v) is 6.90. The van der Waals surface area contributed by atoms with E-state index in [-0.39, 0.29) is 29.3 Å². The number of hydrogen-bond acceptors (Lipinski definition) is 7. The van der Waals surface area contributed by atoms with Gasteiger partial charge >= 0.3 is 0 Å². The van der Waals surface area contributed by atoms with Crippen molar-refractivity contribution >= 4 is 23.2 Å². The number of carbonyl (C=O) groups excluding carboxylic acids is 2. The molecule has 9 nitrogen and oxygen atoms in total. The Morgan fingerprint density at radius 1 is 1.14 bits per heavy atom. The highest BCUT2D eigenvalue weighted by Gasteiger charge is 2.26. The average molecular weight is 398 g/mol. The number of carbonyl (C=O) groups is 2. The van der Waals surface area contributed by atoms with Crippen molar-refractivity contribution in [1.29, 1.82) is 0 Å². The molecule has 2 amide bonds. The zero-order chi connectivity index (χ0) is 20.2. The van der Waals surface area contributed by atoms with Gasteiger partial charge in [0.2, 0.25) is 0 Å². The van der Waals surface area contributed by atoms with Gasteiger partial charge in [-0.15, -0.1) is 0 Å². The predicted molar refractivity (Wildman–Crippen MR) is 104 cm³/mol. The van der Waals surface area contributed by atoms with Crippen molar-refractivity contribution in [3.05, 3.63) is 47.8 Å². The molecule has 1 aliphatic carbocycles. The number of ether oxygens (including phenoxy) is 2. The third kappa shape index (κ3) is 4.64. The lowest BCUT2D eigenvalue weighted by Gasteiger charge is -2.28. The van der Waals surface area contributed by atoms with Crippen LogP contribution in [0.2, 0.25) is 0 Å². The van der Waals surface area contributed by atoms with Gasteiger partial charge in [-0.2, -0.15) is 0 Å². The molecule has 9 heteroatoms. The first-order chi connectivity index (χ1) is 14.1. The summed E-state index contributed by atoms with van der Waals surface area (Å²) < 4.78 is 11.1. The second kappa shape index (κ2) is 8.46. The fourth-order valence-electron chi connectivity index (χ4n) is 2.78. The van der Waals surface area contributed by atoms with Crippen molar-refractivity contribution in [3.8, 4) is 5.75 Å². The van der Waals surface area contributed by atoms with Crippen LogP contribution in [0.25, 0.3) is 0 Å². The number of aromatic nitrogens is 1. The molecule has 2 fully saturated rings. The Balaban J connectivity index is 1.62. The summed E-state index contributed by atoms with van der Waals surface area (Å²) in [5.41, 5.74) is 3.80. The molecule has 0 unspecified atom stereocenters. The molecule has 1 saturated carbocycles. The molecule has 152 valence electrons. The highest BCUT2D eigenvalue weighted by atomic mass is 16.6. The zero-order valence-electron chi connectivity index (χ0n) is 15.9. The van der Waals surface area contributed by atoms with Crippen LogP contribution in [0.3, 0.4) is 0 Å². The van der Waals surface area contributed by atoms with Crippen LogP contribution in [0, 0.1) is 0 Å². The van der Waals surface area contributed by atoms with Crippen LogP contribution < -0.4 is 20.9 Å². The number of nitrogens with one attached hydrogen (secondary N) is 3. The van der Waals surface area contributed by atoms with Crippen LogP contribution in [-0.2, 0) is 9.57 Å². The van der Waals surface area contributed by atoms with Crippen molar-refractivity contribution in [1.82, 2.24) is 15.8 Å². The molecule has 29 heavy (non-hydrogen) atoms. The van der Waals surface area contributed by atoms with Gasteiger partial charge in [0, 0.05) is 12.2 Å². The Morgan fingerprint density at radius 3 is 2.62 bits per heavy atom. The monoisotopic (exact) mass is 398 g/mol. The largest absolute Gasteiger partial charge is 0.483 e. The van der Waals surface area contributed by atoms with Crippen molar-refractivity contribution in [2.75, 3.05) is 25.6 Å². The molecular formula is C20H22N4O5. The zero-order valence-corrected chi connectivity index (χ0v) is 15.9. The molecule has 3 N–H and O–H groups in total. The number of pyridine rings is 1. The summed E-state index contributed by atoms with van der Waals surface area (Å²) in [6, 6.07) is 9.12. The molecule has 2 aromatic rings. The van der Waals surface area contributed by atoms with Gasteiger partial charge in [0.05, 0.1) is 37.3 Å². The van der Waals surface area contributed by atoms with E-state index < -0.39 is 5.91 Å². The molecule has 2 aliphatic rings. The minimum absolute atomic E-state index is 0.00784. The summed E-state index contributed by atoms with van der Waals surface area (Å²) in [7, 11) is 1.35. The summed E-state index contributed by atoms with van der Waals surface area (Å²) >= 11 is 0. The van der Waals surface area contributed by atoms with Gasteiger partial charge in [-0.05, 0) is 31.0 Å². The Morgan fingerprint density at radius 2 is 1.93 bits per heavy atom. The van der Waals surface area contributed by atoms with Crippen LogP contribution in [0.15, 0.2) is 36.5 Å². The van der Waals surface area contributed by atoms with Crippen LogP contribution in [0.1, 0.15) is 33.7 Å². The summed E-state index contributed by atoms with van der Waals surface area (Å²) in [5.74, 6) is -0.132. The van der Waals surface area contributed by atoms with E-state index in [2.05, 4.69) is 21.1 Å². The Labute approximate surface area is 167 Å². The number of para-hydroxylation sites is 2. The maximum atomic E-state index is 12.4. The first kappa shape index (κ1) is 19.2. The molecule has 0 spiro atoms. The molecule has 0 bridgehead atoms. The number of anilines is 2. The molecule has 4 rings (SSSR count). The highest BCUT2D eigenvalue weighted by molar-refractivity contribution is 6.02. The molecule has 1 saturated heterocycles. The van der Waals surface area contributed by atoms with Gasteiger partial charge in [0.25, 0.3) is 11.8 Å². The van der Waals surface area contributed by atoms with Crippen molar-refractivity contribution < 1.29 is 23.9 Å². The van der Waals surface area contributed by atoms with Gasteiger partial charge in [-0.25, -0.2) is 5.48 Å². The molecule has 0 atom stereocenters. The molecular weight excluding hydrogens is 376 g/mol. The third-order valence-corrected chi connectivity index (χ3v) is 4.55. The predicted octanol–water partition coefficient (Wildman–Crippen LogP) is 1.79. The molecule has 1 aliphatic heterocycles. The number of amides is 2. The van der Waals surface area contributed by atoms with Gasteiger partial charge in [0.1, 0.15) is 17.5 Å². The Hall–Kier alpha value is -3.17. The molecule has 2 heterocycles. The lowest BCUT2D eigenvalue weighted by atomic mass is 10.1.